The van der Waals surface area contributed by atoms with Gasteiger partial charge in [0.15, 0.2) is 0 Å². The van der Waals surface area contributed by atoms with Crippen molar-refractivity contribution in [2.24, 2.45) is 0 Å². The molecular formula is C14H11BrFNO3. The fraction of sp³-hybridized carbons (Fsp3) is 0.143. The fourth-order valence-corrected chi connectivity index (χ4v) is 2.06. The van der Waals surface area contributed by atoms with E-state index in [-0.39, 0.29) is 18.1 Å². The van der Waals surface area contributed by atoms with Crippen LogP contribution >= 0.6 is 15.9 Å². The molecule has 4 nitrogen and oxygen atoms in total. The van der Waals surface area contributed by atoms with Crippen LogP contribution in [0, 0.1) is 22.9 Å². The Morgan fingerprint density at radius 3 is 2.65 bits per heavy atom. The third kappa shape index (κ3) is 3.33. The second-order valence-electron chi connectivity index (χ2n) is 4.23. The zero-order valence-corrected chi connectivity index (χ0v) is 12.2. The van der Waals surface area contributed by atoms with Gasteiger partial charge in [0.05, 0.1) is 4.92 Å². The van der Waals surface area contributed by atoms with Crippen molar-refractivity contribution in [3.05, 3.63) is 67.9 Å². The maximum absolute atomic E-state index is 13.6. The van der Waals surface area contributed by atoms with Crippen LogP contribution in [-0.4, -0.2) is 4.92 Å². The first kappa shape index (κ1) is 14.5. The molecule has 104 valence electrons. The number of rotatable bonds is 4. The summed E-state index contributed by atoms with van der Waals surface area (Å²) in [4.78, 5) is 10.2. The van der Waals surface area contributed by atoms with Crippen LogP contribution in [0.4, 0.5) is 10.1 Å². The van der Waals surface area contributed by atoms with E-state index >= 15 is 0 Å². The summed E-state index contributed by atoms with van der Waals surface area (Å²) in [5, 5.41) is 10.7. The fourth-order valence-electron chi connectivity index (χ4n) is 1.72. The molecule has 2 aromatic carbocycles. The van der Waals surface area contributed by atoms with E-state index in [0.717, 1.165) is 0 Å². The maximum atomic E-state index is 13.6. The molecule has 2 aromatic rings. The second-order valence-corrected chi connectivity index (χ2v) is 5.15. The topological polar surface area (TPSA) is 52.4 Å². The van der Waals surface area contributed by atoms with Gasteiger partial charge in [0.2, 0.25) is 0 Å². The molecule has 0 saturated heterocycles. The van der Waals surface area contributed by atoms with Crippen LogP contribution in [0.25, 0.3) is 0 Å². The number of hydrogen-bond donors (Lipinski definition) is 0. The molecule has 20 heavy (non-hydrogen) atoms. The van der Waals surface area contributed by atoms with E-state index in [2.05, 4.69) is 15.9 Å². The number of benzene rings is 2. The Balaban J connectivity index is 2.11. The van der Waals surface area contributed by atoms with Gasteiger partial charge in [-0.2, -0.15) is 0 Å². The third-order valence-corrected chi connectivity index (χ3v) is 3.27. The molecule has 0 fully saturated rings. The van der Waals surface area contributed by atoms with Crippen molar-refractivity contribution in [1.82, 2.24) is 0 Å². The molecule has 0 N–H and O–H groups in total. The van der Waals surface area contributed by atoms with Gasteiger partial charge in [-0.15, -0.1) is 0 Å². The molecule has 0 atom stereocenters. The number of halogens is 2. The Labute approximate surface area is 123 Å². The molecule has 0 radical (unpaired) electrons. The van der Waals surface area contributed by atoms with Crippen LogP contribution in [0.15, 0.2) is 40.9 Å². The number of ether oxygens (including phenoxy) is 1. The summed E-state index contributed by atoms with van der Waals surface area (Å²) in [6.07, 6.45) is 0. The zero-order chi connectivity index (χ0) is 14.7. The quantitative estimate of drug-likeness (QED) is 0.613. The molecule has 0 amide bonds. The first-order valence-corrected chi connectivity index (χ1v) is 6.58. The van der Waals surface area contributed by atoms with Crippen LogP contribution < -0.4 is 4.74 Å². The lowest BCUT2D eigenvalue weighted by atomic mass is 10.2. The third-order valence-electron chi connectivity index (χ3n) is 2.77. The van der Waals surface area contributed by atoms with E-state index in [4.69, 9.17) is 4.74 Å². The molecule has 0 aliphatic carbocycles. The minimum Gasteiger partial charge on any atom is -0.489 e. The Morgan fingerprint density at radius 1 is 1.30 bits per heavy atom. The molecule has 6 heteroatoms. The van der Waals surface area contributed by atoms with Crippen LogP contribution in [0.3, 0.4) is 0 Å². The van der Waals surface area contributed by atoms with Gasteiger partial charge < -0.3 is 4.74 Å². The Morgan fingerprint density at radius 2 is 2.05 bits per heavy atom. The Kier molecular flexibility index (Phi) is 4.34. The highest BCUT2D eigenvalue weighted by Gasteiger charge is 2.11. The smallest absolute Gasteiger partial charge is 0.272 e. The number of nitro groups is 1. The van der Waals surface area contributed by atoms with Crippen molar-refractivity contribution >= 4 is 21.6 Å². The van der Waals surface area contributed by atoms with Gasteiger partial charge in [0.1, 0.15) is 18.2 Å². The van der Waals surface area contributed by atoms with Crippen molar-refractivity contribution in [3.8, 4) is 5.75 Å². The van der Waals surface area contributed by atoms with E-state index in [1.807, 2.05) is 0 Å². The lowest BCUT2D eigenvalue weighted by Crippen LogP contribution is -1.99. The molecule has 0 bridgehead atoms. The van der Waals surface area contributed by atoms with Gasteiger partial charge >= 0.3 is 0 Å². The van der Waals surface area contributed by atoms with Crippen LogP contribution in [0.5, 0.6) is 5.75 Å². The van der Waals surface area contributed by atoms with E-state index in [9.17, 15) is 14.5 Å². The average Bonchev–Trinajstić information content (AvgIpc) is 2.37. The van der Waals surface area contributed by atoms with Crippen molar-refractivity contribution in [2.75, 3.05) is 0 Å². The van der Waals surface area contributed by atoms with Gasteiger partial charge in [-0.25, -0.2) is 4.39 Å². The Bertz CT molecular complexity index is 661. The molecule has 0 spiro atoms. The van der Waals surface area contributed by atoms with E-state index in [0.29, 0.717) is 21.3 Å². The largest absolute Gasteiger partial charge is 0.489 e. The molecule has 0 aliphatic rings. The molecule has 0 aliphatic heterocycles. The van der Waals surface area contributed by atoms with Crippen LogP contribution in [0.2, 0.25) is 0 Å². The maximum Gasteiger partial charge on any atom is 0.272 e. The summed E-state index contributed by atoms with van der Waals surface area (Å²) in [6.45, 7) is 1.70. The van der Waals surface area contributed by atoms with Gasteiger partial charge in [-0.1, -0.05) is 22.0 Å². The van der Waals surface area contributed by atoms with Gasteiger partial charge in [0.25, 0.3) is 5.69 Å². The lowest BCUT2D eigenvalue weighted by Gasteiger charge is -2.08. The highest BCUT2D eigenvalue weighted by Crippen LogP contribution is 2.24. The van der Waals surface area contributed by atoms with E-state index in [1.54, 1.807) is 25.1 Å². The second kappa shape index (κ2) is 6.00. The lowest BCUT2D eigenvalue weighted by molar-refractivity contribution is -0.385. The number of nitro benzene ring substituents is 1. The van der Waals surface area contributed by atoms with Crippen LogP contribution in [0.1, 0.15) is 11.1 Å². The Hall–Kier alpha value is -1.95. The van der Waals surface area contributed by atoms with Crippen molar-refractivity contribution < 1.29 is 14.1 Å². The van der Waals surface area contributed by atoms with E-state index in [1.165, 1.54) is 18.2 Å². The summed E-state index contributed by atoms with van der Waals surface area (Å²) in [6, 6.07) is 9.15. The first-order chi connectivity index (χ1) is 9.47. The molecule has 0 unspecified atom stereocenters. The summed E-state index contributed by atoms with van der Waals surface area (Å²) in [5.41, 5.74) is 0.958. The average molecular weight is 340 g/mol. The highest BCUT2D eigenvalue weighted by atomic mass is 79.9. The highest BCUT2D eigenvalue weighted by molar-refractivity contribution is 9.10. The summed E-state index contributed by atoms with van der Waals surface area (Å²) in [7, 11) is 0. The molecule has 0 saturated carbocycles. The summed E-state index contributed by atoms with van der Waals surface area (Å²) in [5.74, 6) is 0.105. The summed E-state index contributed by atoms with van der Waals surface area (Å²) < 4.78 is 19.7. The van der Waals surface area contributed by atoms with Gasteiger partial charge in [-0.05, 0) is 31.2 Å². The molecule has 0 heterocycles. The summed E-state index contributed by atoms with van der Waals surface area (Å²) >= 11 is 3.18. The monoisotopic (exact) mass is 339 g/mol. The minimum absolute atomic E-state index is 0.0344. The van der Waals surface area contributed by atoms with Crippen molar-refractivity contribution in [1.29, 1.82) is 0 Å². The number of hydrogen-bond acceptors (Lipinski definition) is 3. The minimum atomic E-state index is -0.451. The van der Waals surface area contributed by atoms with E-state index < -0.39 is 4.92 Å². The predicted octanol–water partition coefficient (Wildman–Crippen LogP) is 4.38. The van der Waals surface area contributed by atoms with Crippen molar-refractivity contribution in [3.63, 3.8) is 0 Å². The van der Waals surface area contributed by atoms with Crippen LogP contribution in [-0.2, 0) is 6.61 Å². The molecule has 2 rings (SSSR count). The van der Waals surface area contributed by atoms with Gasteiger partial charge in [-0.3, -0.25) is 10.1 Å². The van der Waals surface area contributed by atoms with Gasteiger partial charge in [0, 0.05) is 21.7 Å². The number of aryl methyl sites for hydroxylation is 1. The zero-order valence-electron chi connectivity index (χ0n) is 10.6. The standard InChI is InChI=1S/C14H11BrFNO3/c1-9-6-12(4-5-14(9)17(18)19)20-8-10-2-3-11(15)7-13(10)16/h2-7H,8H2,1H3. The normalized spacial score (nSPS) is 10.3. The SMILES string of the molecule is Cc1cc(OCc2ccc(Br)cc2F)ccc1[N+](=O)[O-]. The first-order valence-electron chi connectivity index (χ1n) is 5.79. The number of nitrogens with zero attached hydrogens (tertiary/aromatic N) is 1. The predicted molar refractivity (Wildman–Crippen MR) is 76.3 cm³/mol. The molecule has 0 aromatic heterocycles. The molecular weight excluding hydrogens is 329 g/mol. The van der Waals surface area contributed by atoms with Crippen molar-refractivity contribution in [2.45, 2.75) is 13.5 Å².